The molecule has 0 spiro atoms. The van der Waals surface area contributed by atoms with Gasteiger partial charge in [-0.3, -0.25) is 18.6 Å². The van der Waals surface area contributed by atoms with Crippen LogP contribution in [-0.4, -0.2) is 32.7 Å². The number of rotatable bonds is 6. The third-order valence-corrected chi connectivity index (χ3v) is 5.86. The average Bonchev–Trinajstić information content (AvgIpc) is 2.72. The molecular formula is C21H19ClN4O3S. The third kappa shape index (κ3) is 4.12. The highest BCUT2D eigenvalue weighted by atomic mass is 35.5. The lowest BCUT2D eigenvalue weighted by atomic mass is 10.2. The fourth-order valence-electron chi connectivity index (χ4n) is 3.13. The van der Waals surface area contributed by atoms with Gasteiger partial charge in [0.15, 0.2) is 5.16 Å². The lowest BCUT2D eigenvalue weighted by Gasteiger charge is -2.13. The molecule has 7 nitrogen and oxygen atoms in total. The normalized spacial score (nSPS) is 11.4. The summed E-state index contributed by atoms with van der Waals surface area (Å²) in [4.78, 5) is 34.6. The fraction of sp³-hybridized carbons (Fsp3) is 0.238. The Balaban J connectivity index is 1.72. The maximum absolute atomic E-state index is 13.0. The largest absolute Gasteiger partial charge is 0.383 e. The minimum atomic E-state index is -0.154. The van der Waals surface area contributed by atoms with Crippen molar-refractivity contribution in [2.24, 2.45) is 0 Å². The number of benzene rings is 1. The summed E-state index contributed by atoms with van der Waals surface area (Å²) in [6.45, 7) is 2.67. The van der Waals surface area contributed by atoms with Crippen LogP contribution in [0.3, 0.4) is 0 Å². The van der Waals surface area contributed by atoms with Gasteiger partial charge in [0.25, 0.3) is 11.1 Å². The summed E-state index contributed by atoms with van der Waals surface area (Å²) in [7, 11) is 1.58. The number of methoxy groups -OCH3 is 1. The third-order valence-electron chi connectivity index (χ3n) is 4.61. The maximum atomic E-state index is 13.0. The predicted molar refractivity (Wildman–Crippen MR) is 119 cm³/mol. The standard InChI is InChI=1S/C21H19ClN4O3S/c1-13-3-6-18-23-15(10-19(27)26(18)11-13)12-30-21-24-17-9-14(22)4-5-16(17)20(28)25(21)7-8-29-2/h3-6,9-11H,7-8,12H2,1-2H3. The number of hydrogen-bond donors (Lipinski definition) is 0. The molecule has 0 atom stereocenters. The zero-order valence-electron chi connectivity index (χ0n) is 16.5. The monoisotopic (exact) mass is 442 g/mol. The van der Waals surface area contributed by atoms with Crippen LogP contribution in [0.2, 0.25) is 5.02 Å². The van der Waals surface area contributed by atoms with Gasteiger partial charge in [-0.15, -0.1) is 0 Å². The van der Waals surface area contributed by atoms with Crippen LogP contribution >= 0.6 is 23.4 Å². The van der Waals surface area contributed by atoms with Crippen molar-refractivity contribution in [1.82, 2.24) is 18.9 Å². The van der Waals surface area contributed by atoms with E-state index in [0.29, 0.717) is 51.3 Å². The fourth-order valence-corrected chi connectivity index (χ4v) is 4.22. The van der Waals surface area contributed by atoms with Crippen molar-refractivity contribution in [2.75, 3.05) is 13.7 Å². The summed E-state index contributed by atoms with van der Waals surface area (Å²) in [5.74, 6) is 0.394. The van der Waals surface area contributed by atoms with Crippen molar-refractivity contribution >= 4 is 39.9 Å². The first-order chi connectivity index (χ1) is 14.5. The quantitative estimate of drug-likeness (QED) is 0.337. The maximum Gasteiger partial charge on any atom is 0.262 e. The Kier molecular flexibility index (Phi) is 5.90. The molecule has 0 fully saturated rings. The smallest absolute Gasteiger partial charge is 0.262 e. The Labute approximate surface area is 181 Å². The molecule has 0 aliphatic heterocycles. The number of thioether (sulfide) groups is 1. The highest BCUT2D eigenvalue weighted by Crippen LogP contribution is 2.23. The molecule has 30 heavy (non-hydrogen) atoms. The van der Waals surface area contributed by atoms with Crippen LogP contribution in [0.4, 0.5) is 0 Å². The number of pyridine rings is 1. The molecule has 0 bridgehead atoms. The molecule has 4 aromatic rings. The first-order valence-electron chi connectivity index (χ1n) is 9.27. The van der Waals surface area contributed by atoms with Gasteiger partial charge in [-0.1, -0.05) is 29.4 Å². The Morgan fingerprint density at radius 3 is 2.77 bits per heavy atom. The van der Waals surface area contributed by atoms with Gasteiger partial charge >= 0.3 is 0 Å². The Bertz CT molecular complexity index is 1370. The molecule has 4 rings (SSSR count). The van der Waals surface area contributed by atoms with Gasteiger partial charge in [-0.25, -0.2) is 9.97 Å². The highest BCUT2D eigenvalue weighted by molar-refractivity contribution is 7.98. The van der Waals surface area contributed by atoms with Crippen molar-refractivity contribution in [2.45, 2.75) is 24.4 Å². The molecule has 3 aromatic heterocycles. The molecule has 0 unspecified atom stereocenters. The Hall–Kier alpha value is -2.68. The van der Waals surface area contributed by atoms with Crippen LogP contribution in [0, 0.1) is 6.92 Å². The second kappa shape index (κ2) is 8.59. The number of nitrogens with zero attached hydrogens (tertiary/aromatic N) is 4. The van der Waals surface area contributed by atoms with Crippen molar-refractivity contribution in [1.29, 1.82) is 0 Å². The topological polar surface area (TPSA) is 78.5 Å². The highest BCUT2D eigenvalue weighted by Gasteiger charge is 2.13. The number of aromatic nitrogens is 4. The molecule has 0 aliphatic carbocycles. The molecule has 0 N–H and O–H groups in total. The van der Waals surface area contributed by atoms with Crippen LogP contribution in [0.25, 0.3) is 16.6 Å². The van der Waals surface area contributed by atoms with Crippen molar-refractivity contribution in [3.05, 3.63) is 79.6 Å². The zero-order chi connectivity index (χ0) is 21.3. The summed E-state index contributed by atoms with van der Waals surface area (Å²) in [5, 5.41) is 1.54. The first-order valence-corrected chi connectivity index (χ1v) is 10.6. The van der Waals surface area contributed by atoms with Crippen LogP contribution in [0.15, 0.2) is 57.3 Å². The lowest BCUT2D eigenvalue weighted by Crippen LogP contribution is -2.25. The van der Waals surface area contributed by atoms with Gasteiger partial charge in [0, 0.05) is 30.1 Å². The number of halogens is 1. The molecule has 1 aromatic carbocycles. The molecule has 0 saturated carbocycles. The minimum absolute atomic E-state index is 0.144. The van der Waals surface area contributed by atoms with Crippen LogP contribution in [0.5, 0.6) is 0 Å². The molecular weight excluding hydrogens is 424 g/mol. The molecule has 9 heteroatoms. The van der Waals surface area contributed by atoms with E-state index in [0.717, 1.165) is 5.56 Å². The second-order valence-corrected chi connectivity index (χ2v) is 8.19. The summed E-state index contributed by atoms with van der Waals surface area (Å²) in [6.07, 6.45) is 1.76. The van der Waals surface area contributed by atoms with Gasteiger partial charge in [-0.2, -0.15) is 0 Å². The second-order valence-electron chi connectivity index (χ2n) is 6.81. The van der Waals surface area contributed by atoms with Crippen LogP contribution < -0.4 is 11.1 Å². The minimum Gasteiger partial charge on any atom is -0.383 e. The van der Waals surface area contributed by atoms with E-state index in [2.05, 4.69) is 9.97 Å². The summed E-state index contributed by atoms with van der Waals surface area (Å²) < 4.78 is 8.26. The van der Waals surface area contributed by atoms with E-state index in [1.54, 1.807) is 36.1 Å². The zero-order valence-corrected chi connectivity index (χ0v) is 18.0. The van der Waals surface area contributed by atoms with Gasteiger partial charge in [0.05, 0.1) is 29.7 Å². The molecule has 0 amide bonds. The number of ether oxygens (including phenoxy) is 1. The van der Waals surface area contributed by atoms with E-state index in [1.165, 1.54) is 22.2 Å². The van der Waals surface area contributed by atoms with Crippen molar-refractivity contribution in [3.63, 3.8) is 0 Å². The number of hydrogen-bond acceptors (Lipinski definition) is 6. The predicted octanol–water partition coefficient (Wildman–Crippen LogP) is 3.30. The Morgan fingerprint density at radius 2 is 1.97 bits per heavy atom. The van der Waals surface area contributed by atoms with Gasteiger partial charge < -0.3 is 4.74 Å². The van der Waals surface area contributed by atoms with E-state index in [9.17, 15) is 9.59 Å². The Morgan fingerprint density at radius 1 is 1.13 bits per heavy atom. The van der Waals surface area contributed by atoms with E-state index < -0.39 is 0 Å². The van der Waals surface area contributed by atoms with Crippen LogP contribution in [-0.2, 0) is 17.0 Å². The summed E-state index contributed by atoms with van der Waals surface area (Å²) >= 11 is 7.43. The molecule has 0 radical (unpaired) electrons. The van der Waals surface area contributed by atoms with Gasteiger partial charge in [0.2, 0.25) is 0 Å². The lowest BCUT2D eigenvalue weighted by molar-refractivity contribution is 0.183. The summed E-state index contributed by atoms with van der Waals surface area (Å²) in [5.41, 5.74) is 2.42. The average molecular weight is 443 g/mol. The molecule has 0 saturated heterocycles. The SMILES string of the molecule is COCCn1c(SCc2cc(=O)n3cc(C)ccc3n2)nc2cc(Cl)ccc2c1=O. The molecule has 0 aliphatic rings. The van der Waals surface area contributed by atoms with Gasteiger partial charge in [-0.05, 0) is 36.8 Å². The van der Waals surface area contributed by atoms with E-state index >= 15 is 0 Å². The van der Waals surface area contributed by atoms with Crippen molar-refractivity contribution in [3.8, 4) is 0 Å². The van der Waals surface area contributed by atoms with E-state index in [1.807, 2.05) is 19.1 Å². The van der Waals surface area contributed by atoms with Crippen molar-refractivity contribution < 1.29 is 4.74 Å². The summed E-state index contributed by atoms with van der Waals surface area (Å²) in [6, 6.07) is 10.3. The van der Waals surface area contributed by atoms with Crippen LogP contribution in [0.1, 0.15) is 11.3 Å². The molecule has 3 heterocycles. The van der Waals surface area contributed by atoms with E-state index in [-0.39, 0.29) is 11.1 Å². The van der Waals surface area contributed by atoms with Gasteiger partial charge in [0.1, 0.15) is 5.65 Å². The number of fused-ring (bicyclic) bond motifs is 2. The number of aryl methyl sites for hydroxylation is 1. The first kappa shape index (κ1) is 20.6. The molecule has 154 valence electrons. The van der Waals surface area contributed by atoms with E-state index in [4.69, 9.17) is 16.3 Å².